The summed E-state index contributed by atoms with van der Waals surface area (Å²) in [5, 5.41) is 10.5. The average molecular weight is 709 g/mol. The van der Waals surface area contributed by atoms with E-state index in [1.165, 1.54) is 121 Å². The van der Waals surface area contributed by atoms with Crippen LogP contribution in [0.25, 0.3) is 121 Å². The monoisotopic (exact) mass is 708 g/mol. The molecule has 0 spiro atoms. The van der Waals surface area contributed by atoms with E-state index in [-0.39, 0.29) is 0 Å². The zero-order chi connectivity index (χ0) is 36.5. The van der Waals surface area contributed by atoms with Crippen LogP contribution >= 0.6 is 0 Å². The van der Waals surface area contributed by atoms with E-state index in [1.807, 2.05) is 0 Å². The molecule has 0 unspecified atom stereocenters. The van der Waals surface area contributed by atoms with Gasteiger partial charge in [0.2, 0.25) is 0 Å². The average Bonchev–Trinajstić information content (AvgIpc) is 4.00. The van der Waals surface area contributed by atoms with Crippen molar-refractivity contribution >= 4 is 76.2 Å². The van der Waals surface area contributed by atoms with Crippen molar-refractivity contribution < 1.29 is 0 Å². The van der Waals surface area contributed by atoms with Crippen LogP contribution in [0.15, 0.2) is 194 Å². The van der Waals surface area contributed by atoms with Crippen molar-refractivity contribution in [2.75, 3.05) is 0 Å². The lowest BCUT2D eigenvalue weighted by Crippen LogP contribution is -1.86. The fourth-order valence-corrected chi connectivity index (χ4v) is 10.1. The molecule has 0 fully saturated rings. The summed E-state index contributed by atoms with van der Waals surface area (Å²) in [5.74, 6) is 0. The Labute approximate surface area is 322 Å². The molecule has 9 aromatic carbocycles. The van der Waals surface area contributed by atoms with Gasteiger partial charge in [0, 0.05) is 43.1 Å². The smallest absolute Gasteiger partial charge is 0.0634 e. The molecule has 4 heterocycles. The van der Waals surface area contributed by atoms with Gasteiger partial charge in [0.05, 0.1) is 33.1 Å². The maximum atomic E-state index is 2.56. The van der Waals surface area contributed by atoms with Gasteiger partial charge in [-0.25, -0.2) is 0 Å². The fourth-order valence-electron chi connectivity index (χ4n) is 10.1. The summed E-state index contributed by atoms with van der Waals surface area (Å²) in [6.07, 6.45) is 0. The molecule has 13 rings (SSSR count). The van der Waals surface area contributed by atoms with Crippen LogP contribution < -0.4 is 0 Å². The van der Waals surface area contributed by atoms with Gasteiger partial charge in [-0.2, -0.15) is 0 Å². The molecular weight excluding hydrogens is 677 g/mol. The Morgan fingerprint density at radius 1 is 0.232 bits per heavy atom. The third-order valence-electron chi connectivity index (χ3n) is 12.4. The molecule has 2 nitrogen and oxygen atoms in total. The Hall–Kier alpha value is -7.42. The molecule has 0 saturated carbocycles. The highest BCUT2D eigenvalue weighted by molar-refractivity contribution is 6.45. The van der Waals surface area contributed by atoms with Gasteiger partial charge in [0.15, 0.2) is 0 Å². The largest absolute Gasteiger partial charge is 0.308 e. The fraction of sp³-hybridized carbons (Fsp3) is 0. The number of benzene rings is 9. The third-order valence-corrected chi connectivity index (χ3v) is 12.4. The predicted octanol–water partition coefficient (Wildman–Crippen LogP) is 14.7. The molecule has 0 radical (unpaired) electrons. The number of nitrogens with zero attached hydrogens (tertiary/aromatic N) is 2. The van der Waals surface area contributed by atoms with Gasteiger partial charge in [0.25, 0.3) is 0 Å². The Morgan fingerprint density at radius 3 is 0.964 bits per heavy atom. The molecule has 0 aliphatic heterocycles. The predicted molar refractivity (Wildman–Crippen MR) is 238 cm³/mol. The van der Waals surface area contributed by atoms with E-state index in [9.17, 15) is 0 Å². The van der Waals surface area contributed by atoms with E-state index in [2.05, 4.69) is 203 Å². The van der Waals surface area contributed by atoms with Crippen molar-refractivity contribution in [1.29, 1.82) is 0 Å². The molecule has 0 aliphatic rings. The summed E-state index contributed by atoms with van der Waals surface area (Å²) in [5.41, 5.74) is 17.5. The highest BCUT2D eigenvalue weighted by Gasteiger charge is 2.29. The molecule has 258 valence electrons. The molecular formula is C54H32N2. The first-order valence-corrected chi connectivity index (χ1v) is 19.4. The lowest BCUT2D eigenvalue weighted by molar-refractivity contribution is 1.37. The number of hydrogen-bond donors (Lipinski definition) is 0. The number of aromatic nitrogens is 2. The van der Waals surface area contributed by atoms with Crippen LogP contribution in [0, 0.1) is 0 Å². The second-order valence-corrected chi connectivity index (χ2v) is 15.2. The van der Waals surface area contributed by atoms with Crippen molar-refractivity contribution in [3.05, 3.63) is 194 Å². The highest BCUT2D eigenvalue weighted by atomic mass is 14.9. The SMILES string of the molecule is c1ccc(-c2ccccc2-c2ccc3c4c5c6ccccc6n6c7cc(-c8ccccc8-c8ccccc8)ccc7c(c7c8ccccc8n(c3c2)c74)c56)cc1. The van der Waals surface area contributed by atoms with Crippen molar-refractivity contribution in [2.24, 2.45) is 0 Å². The maximum Gasteiger partial charge on any atom is 0.0634 e. The van der Waals surface area contributed by atoms with E-state index < -0.39 is 0 Å². The van der Waals surface area contributed by atoms with Crippen molar-refractivity contribution in [1.82, 2.24) is 8.80 Å². The highest BCUT2D eigenvalue weighted by Crippen LogP contribution is 2.52. The molecule has 0 N–H and O–H groups in total. The number of rotatable bonds is 4. The first-order valence-electron chi connectivity index (χ1n) is 19.4. The zero-order valence-corrected chi connectivity index (χ0v) is 30.4. The standard InChI is InChI=1S/C54H32N2/c1-3-15-33(16-4-1)37-19-7-9-21-39(37)35-27-29-43-47(31-35)55-45-25-13-11-23-41(45)50-52-44-30-28-36(40-22-10-8-20-38(40)34-17-5-2-6-18-34)32-48(44)56-46-26-14-12-24-42(46)49(54(52)56)51(43)53(50)55/h1-32H. The quantitative estimate of drug-likeness (QED) is 0.172. The van der Waals surface area contributed by atoms with Crippen LogP contribution in [0.3, 0.4) is 0 Å². The minimum absolute atomic E-state index is 1.22. The second kappa shape index (κ2) is 11.1. The van der Waals surface area contributed by atoms with Gasteiger partial charge >= 0.3 is 0 Å². The molecule has 0 aliphatic carbocycles. The zero-order valence-electron chi connectivity index (χ0n) is 30.4. The van der Waals surface area contributed by atoms with Crippen LogP contribution in [-0.4, -0.2) is 8.80 Å². The third kappa shape index (κ3) is 3.85. The Balaban J connectivity index is 1.17. The first kappa shape index (κ1) is 30.0. The second-order valence-electron chi connectivity index (χ2n) is 15.2. The van der Waals surface area contributed by atoms with E-state index in [0.29, 0.717) is 0 Å². The van der Waals surface area contributed by atoms with Crippen molar-refractivity contribution in [3.63, 3.8) is 0 Å². The van der Waals surface area contributed by atoms with Gasteiger partial charge in [0.1, 0.15) is 0 Å². The molecule has 0 bridgehead atoms. The van der Waals surface area contributed by atoms with Gasteiger partial charge in [-0.3, -0.25) is 0 Å². The van der Waals surface area contributed by atoms with E-state index in [1.54, 1.807) is 0 Å². The van der Waals surface area contributed by atoms with Gasteiger partial charge in [-0.1, -0.05) is 170 Å². The minimum Gasteiger partial charge on any atom is -0.308 e. The lowest BCUT2D eigenvalue weighted by Gasteiger charge is -2.11. The maximum absolute atomic E-state index is 2.56. The molecule has 4 aromatic heterocycles. The topological polar surface area (TPSA) is 8.82 Å². The summed E-state index contributed by atoms with van der Waals surface area (Å²) in [6, 6.07) is 71.5. The Bertz CT molecular complexity index is 3430. The number of para-hydroxylation sites is 2. The normalized spacial score (nSPS) is 12.3. The van der Waals surface area contributed by atoms with E-state index in [4.69, 9.17) is 0 Å². The van der Waals surface area contributed by atoms with E-state index >= 15 is 0 Å². The molecule has 56 heavy (non-hydrogen) atoms. The van der Waals surface area contributed by atoms with Gasteiger partial charge < -0.3 is 8.80 Å². The Morgan fingerprint density at radius 2 is 0.554 bits per heavy atom. The van der Waals surface area contributed by atoms with Crippen molar-refractivity contribution in [3.8, 4) is 44.5 Å². The lowest BCUT2D eigenvalue weighted by atomic mass is 9.93. The molecule has 2 heteroatoms. The van der Waals surface area contributed by atoms with Crippen LogP contribution in [0.1, 0.15) is 0 Å². The minimum atomic E-state index is 1.22. The number of hydrogen-bond acceptors (Lipinski definition) is 0. The number of fused-ring (bicyclic) bond motifs is 14. The first-order chi connectivity index (χ1) is 27.8. The van der Waals surface area contributed by atoms with Crippen LogP contribution in [0.2, 0.25) is 0 Å². The molecule has 13 aromatic rings. The van der Waals surface area contributed by atoms with Crippen LogP contribution in [0.5, 0.6) is 0 Å². The van der Waals surface area contributed by atoms with Crippen LogP contribution in [-0.2, 0) is 0 Å². The van der Waals surface area contributed by atoms with Gasteiger partial charge in [-0.05, 0) is 68.8 Å². The summed E-state index contributed by atoms with van der Waals surface area (Å²) < 4.78 is 5.13. The van der Waals surface area contributed by atoms with Crippen molar-refractivity contribution in [2.45, 2.75) is 0 Å². The molecule has 0 atom stereocenters. The summed E-state index contributed by atoms with van der Waals surface area (Å²) in [6.45, 7) is 0. The molecule has 0 saturated heterocycles. The Kier molecular flexibility index (Phi) is 5.92. The van der Waals surface area contributed by atoms with Gasteiger partial charge in [-0.15, -0.1) is 0 Å². The summed E-state index contributed by atoms with van der Waals surface area (Å²) in [4.78, 5) is 0. The van der Waals surface area contributed by atoms with Crippen LogP contribution in [0.4, 0.5) is 0 Å². The molecule has 0 amide bonds. The van der Waals surface area contributed by atoms with E-state index in [0.717, 1.165) is 0 Å². The summed E-state index contributed by atoms with van der Waals surface area (Å²) in [7, 11) is 0. The summed E-state index contributed by atoms with van der Waals surface area (Å²) >= 11 is 0.